The summed E-state index contributed by atoms with van der Waals surface area (Å²) < 4.78 is 5.66. The van der Waals surface area contributed by atoms with Crippen LogP contribution >= 0.6 is 11.3 Å². The van der Waals surface area contributed by atoms with Crippen LogP contribution in [0.15, 0.2) is 17.5 Å². The van der Waals surface area contributed by atoms with Crippen LogP contribution in [0.4, 0.5) is 0 Å². The quantitative estimate of drug-likeness (QED) is 0.794. The molecule has 3 nitrogen and oxygen atoms in total. The summed E-state index contributed by atoms with van der Waals surface area (Å²) in [5, 5.41) is 5.73. The van der Waals surface area contributed by atoms with E-state index in [0.717, 1.165) is 39.4 Å². The van der Waals surface area contributed by atoms with Crippen LogP contribution in [0.1, 0.15) is 10.8 Å². The van der Waals surface area contributed by atoms with E-state index in [2.05, 4.69) is 27.7 Å². The average Bonchev–Trinajstić information content (AvgIpc) is 2.76. The van der Waals surface area contributed by atoms with Crippen LogP contribution in [0.25, 0.3) is 0 Å². The van der Waals surface area contributed by atoms with E-state index in [1.54, 1.807) is 0 Å². The Kier molecular flexibility index (Phi) is 3.24. The number of ether oxygens (including phenoxy) is 1. The first-order valence-electron chi connectivity index (χ1n) is 6.01. The first kappa shape index (κ1) is 10.7. The van der Waals surface area contributed by atoms with Crippen molar-refractivity contribution in [3.8, 4) is 0 Å². The van der Waals surface area contributed by atoms with Crippen molar-refractivity contribution >= 4 is 11.3 Å². The van der Waals surface area contributed by atoms with Gasteiger partial charge >= 0.3 is 0 Å². The Labute approximate surface area is 100 Å². The van der Waals surface area contributed by atoms with E-state index >= 15 is 0 Å². The molecular formula is C12H18N2OS. The van der Waals surface area contributed by atoms with Crippen LogP contribution in [-0.4, -0.2) is 50.3 Å². The molecule has 0 saturated carbocycles. The molecule has 0 spiro atoms. The lowest BCUT2D eigenvalue weighted by atomic mass is 9.96. The zero-order chi connectivity index (χ0) is 10.8. The standard InChI is InChI=1S/C12H18N2OS/c1-2-12(16-7-1)10-8-13-3-4-14-5-6-15-9-11(10)14/h1-2,7,10-11,13H,3-6,8-9H2. The Morgan fingerprint density at radius 2 is 2.44 bits per heavy atom. The number of fused-ring (bicyclic) bond motifs is 1. The summed E-state index contributed by atoms with van der Waals surface area (Å²) in [6.45, 7) is 6.24. The molecule has 3 heterocycles. The number of thiophene rings is 1. The predicted molar refractivity (Wildman–Crippen MR) is 66.1 cm³/mol. The summed E-state index contributed by atoms with van der Waals surface area (Å²) in [6, 6.07) is 4.98. The summed E-state index contributed by atoms with van der Waals surface area (Å²) in [7, 11) is 0. The largest absolute Gasteiger partial charge is 0.378 e. The van der Waals surface area contributed by atoms with E-state index in [0.29, 0.717) is 12.0 Å². The zero-order valence-electron chi connectivity index (χ0n) is 9.39. The van der Waals surface area contributed by atoms with Gasteiger partial charge in [-0.05, 0) is 11.4 Å². The number of hydrogen-bond acceptors (Lipinski definition) is 4. The summed E-state index contributed by atoms with van der Waals surface area (Å²) in [5.74, 6) is 0.600. The van der Waals surface area contributed by atoms with Crippen LogP contribution in [0.5, 0.6) is 0 Å². The lowest BCUT2D eigenvalue weighted by Gasteiger charge is -2.37. The molecular weight excluding hydrogens is 220 g/mol. The average molecular weight is 238 g/mol. The number of nitrogens with one attached hydrogen (secondary N) is 1. The van der Waals surface area contributed by atoms with Gasteiger partial charge in [-0.3, -0.25) is 4.90 Å². The fourth-order valence-electron chi connectivity index (χ4n) is 2.71. The van der Waals surface area contributed by atoms with Crippen molar-refractivity contribution in [1.82, 2.24) is 10.2 Å². The molecule has 4 heteroatoms. The number of hydrogen-bond donors (Lipinski definition) is 1. The van der Waals surface area contributed by atoms with E-state index in [1.807, 2.05) is 11.3 Å². The third kappa shape index (κ3) is 2.02. The van der Waals surface area contributed by atoms with Gasteiger partial charge in [-0.25, -0.2) is 0 Å². The lowest BCUT2D eigenvalue weighted by Crippen LogP contribution is -2.48. The number of nitrogens with zero attached hydrogens (tertiary/aromatic N) is 1. The second-order valence-electron chi connectivity index (χ2n) is 4.50. The topological polar surface area (TPSA) is 24.5 Å². The molecule has 2 fully saturated rings. The molecule has 1 aromatic heterocycles. The van der Waals surface area contributed by atoms with Crippen molar-refractivity contribution < 1.29 is 4.74 Å². The first-order chi connectivity index (χ1) is 7.95. The summed E-state index contributed by atoms with van der Waals surface area (Å²) in [4.78, 5) is 4.09. The van der Waals surface area contributed by atoms with Gasteiger partial charge < -0.3 is 10.1 Å². The van der Waals surface area contributed by atoms with Gasteiger partial charge in [0, 0.05) is 43.0 Å². The second-order valence-corrected chi connectivity index (χ2v) is 5.48. The Balaban J connectivity index is 1.84. The fraction of sp³-hybridized carbons (Fsp3) is 0.667. The molecule has 0 bridgehead atoms. The van der Waals surface area contributed by atoms with Crippen LogP contribution in [0.2, 0.25) is 0 Å². The molecule has 0 radical (unpaired) electrons. The Morgan fingerprint density at radius 3 is 3.31 bits per heavy atom. The summed E-state index contributed by atoms with van der Waals surface area (Å²) in [5.41, 5.74) is 0. The first-order valence-corrected chi connectivity index (χ1v) is 6.89. The normalized spacial score (nSPS) is 32.0. The van der Waals surface area contributed by atoms with Crippen LogP contribution in [-0.2, 0) is 4.74 Å². The highest BCUT2D eigenvalue weighted by Gasteiger charge is 2.33. The van der Waals surface area contributed by atoms with E-state index in [-0.39, 0.29) is 0 Å². The highest BCUT2D eigenvalue weighted by molar-refractivity contribution is 7.10. The molecule has 0 aliphatic carbocycles. The van der Waals surface area contributed by atoms with E-state index in [4.69, 9.17) is 4.74 Å². The molecule has 0 amide bonds. The maximum absolute atomic E-state index is 5.66. The summed E-state index contributed by atoms with van der Waals surface area (Å²) >= 11 is 1.87. The molecule has 1 aromatic rings. The molecule has 2 atom stereocenters. The van der Waals surface area contributed by atoms with Crippen LogP contribution < -0.4 is 5.32 Å². The summed E-state index contributed by atoms with van der Waals surface area (Å²) in [6.07, 6.45) is 0. The SMILES string of the molecule is c1csc(C2CNCCN3CCOCC23)c1. The van der Waals surface area contributed by atoms with Gasteiger partial charge in [-0.15, -0.1) is 11.3 Å². The highest BCUT2D eigenvalue weighted by atomic mass is 32.1. The van der Waals surface area contributed by atoms with Gasteiger partial charge in [-0.1, -0.05) is 6.07 Å². The molecule has 2 aliphatic rings. The predicted octanol–water partition coefficient (Wildman–Crippen LogP) is 1.14. The van der Waals surface area contributed by atoms with Gasteiger partial charge in [-0.2, -0.15) is 0 Å². The second kappa shape index (κ2) is 4.84. The maximum Gasteiger partial charge on any atom is 0.0629 e. The van der Waals surface area contributed by atoms with Crippen molar-refractivity contribution in [3.05, 3.63) is 22.4 Å². The van der Waals surface area contributed by atoms with Crippen molar-refractivity contribution in [3.63, 3.8) is 0 Å². The molecule has 2 unspecified atom stereocenters. The van der Waals surface area contributed by atoms with E-state index < -0.39 is 0 Å². The molecule has 0 aromatic carbocycles. The minimum atomic E-state index is 0.572. The molecule has 16 heavy (non-hydrogen) atoms. The molecule has 2 saturated heterocycles. The molecule has 2 aliphatic heterocycles. The number of morpholine rings is 1. The minimum Gasteiger partial charge on any atom is -0.378 e. The number of rotatable bonds is 1. The molecule has 88 valence electrons. The third-order valence-corrected chi connectivity index (χ3v) is 4.60. The van der Waals surface area contributed by atoms with Crippen molar-refractivity contribution in [2.45, 2.75) is 12.0 Å². The minimum absolute atomic E-state index is 0.572. The highest BCUT2D eigenvalue weighted by Crippen LogP contribution is 2.29. The van der Waals surface area contributed by atoms with Gasteiger partial charge in [0.2, 0.25) is 0 Å². The van der Waals surface area contributed by atoms with Crippen LogP contribution in [0.3, 0.4) is 0 Å². The monoisotopic (exact) mass is 238 g/mol. The fourth-order valence-corrected chi connectivity index (χ4v) is 3.60. The van der Waals surface area contributed by atoms with Gasteiger partial charge in [0.25, 0.3) is 0 Å². The van der Waals surface area contributed by atoms with Gasteiger partial charge in [0.15, 0.2) is 0 Å². The smallest absolute Gasteiger partial charge is 0.0629 e. The van der Waals surface area contributed by atoms with Crippen LogP contribution in [0, 0.1) is 0 Å². The van der Waals surface area contributed by atoms with E-state index in [1.165, 1.54) is 4.88 Å². The zero-order valence-corrected chi connectivity index (χ0v) is 10.2. The Hall–Kier alpha value is -0.420. The van der Waals surface area contributed by atoms with Crippen molar-refractivity contribution in [2.24, 2.45) is 0 Å². The molecule has 3 rings (SSSR count). The molecule has 1 N–H and O–H groups in total. The van der Waals surface area contributed by atoms with Crippen molar-refractivity contribution in [2.75, 3.05) is 39.4 Å². The van der Waals surface area contributed by atoms with Gasteiger partial charge in [0.1, 0.15) is 0 Å². The lowest BCUT2D eigenvalue weighted by molar-refractivity contribution is -0.0103. The van der Waals surface area contributed by atoms with Crippen molar-refractivity contribution in [1.29, 1.82) is 0 Å². The van der Waals surface area contributed by atoms with E-state index in [9.17, 15) is 0 Å². The Morgan fingerprint density at radius 1 is 1.44 bits per heavy atom. The Bertz CT molecular complexity index is 328. The third-order valence-electron chi connectivity index (χ3n) is 3.59. The van der Waals surface area contributed by atoms with Gasteiger partial charge in [0.05, 0.1) is 13.2 Å². The maximum atomic E-state index is 5.66.